The average Bonchev–Trinajstić information content (AvgIpc) is 2.40. The topological polar surface area (TPSA) is 146 Å². The Morgan fingerprint density at radius 2 is 1.81 bits per heavy atom. The van der Waals surface area contributed by atoms with Gasteiger partial charge in [0.05, 0.1) is 5.97 Å². The molecule has 0 amide bonds. The number of carboxylic acids is 2. The number of hydrogen-bond acceptors (Lipinski definition) is 6. The molecule has 2 aromatic heterocycles. The third-order valence-electron chi connectivity index (χ3n) is 2.04. The fourth-order valence-electron chi connectivity index (χ4n) is 1.14. The largest absolute Gasteiger partial charge is 2.00 e. The maximum atomic E-state index is 10.6. The molecule has 0 saturated carbocycles. The summed E-state index contributed by atoms with van der Waals surface area (Å²) in [4.78, 5) is 36.4. The van der Waals surface area contributed by atoms with Crippen LogP contribution in [-0.2, 0) is 16.5 Å². The van der Waals surface area contributed by atoms with Crippen LogP contribution in [0.5, 0.6) is 5.88 Å². The Balaban J connectivity index is 0.000000364. The summed E-state index contributed by atoms with van der Waals surface area (Å²) < 4.78 is 0. The molecular formula is C12H8N2NiO6. The van der Waals surface area contributed by atoms with Crippen LogP contribution in [0, 0.1) is 0 Å². The van der Waals surface area contributed by atoms with Gasteiger partial charge in [-0.3, -0.25) is 9.78 Å². The Morgan fingerprint density at radius 1 is 1.19 bits per heavy atom. The van der Waals surface area contributed by atoms with Crippen LogP contribution in [0.2, 0.25) is 0 Å². The van der Waals surface area contributed by atoms with Gasteiger partial charge >= 0.3 is 22.5 Å². The van der Waals surface area contributed by atoms with E-state index in [1.54, 1.807) is 0 Å². The normalized spacial score (nSPS) is 8.76. The number of carboxylic acid groups (broad SMARTS) is 2. The van der Waals surface area contributed by atoms with E-state index >= 15 is 0 Å². The third kappa shape index (κ3) is 5.45. The molecule has 9 heteroatoms. The van der Waals surface area contributed by atoms with Crippen molar-refractivity contribution in [2.24, 2.45) is 0 Å². The van der Waals surface area contributed by atoms with E-state index < -0.39 is 28.9 Å². The number of pyridine rings is 2. The summed E-state index contributed by atoms with van der Waals surface area (Å²) >= 11 is 0. The minimum Gasteiger partial charge on any atom is -0.858 e. The second-order valence-corrected chi connectivity index (χ2v) is 3.36. The van der Waals surface area contributed by atoms with E-state index in [2.05, 4.69) is 9.97 Å². The van der Waals surface area contributed by atoms with Gasteiger partial charge in [-0.15, -0.1) is 0 Å². The number of carbonyl (C=O) groups excluding carboxylic acids is 1. The van der Waals surface area contributed by atoms with Crippen LogP contribution in [0.3, 0.4) is 0 Å². The first-order chi connectivity index (χ1) is 9.43. The number of aromatic amines is 1. The molecule has 0 saturated heterocycles. The van der Waals surface area contributed by atoms with Gasteiger partial charge in [0.1, 0.15) is 5.56 Å². The van der Waals surface area contributed by atoms with Crippen molar-refractivity contribution in [3.05, 3.63) is 58.1 Å². The molecule has 0 bridgehead atoms. The van der Waals surface area contributed by atoms with Gasteiger partial charge in [0.2, 0.25) is 0 Å². The number of nitrogens with one attached hydrogen (secondary N) is 1. The monoisotopic (exact) mass is 334 g/mol. The summed E-state index contributed by atoms with van der Waals surface area (Å²) in [5.74, 6) is -3.46. The Labute approximate surface area is 128 Å². The quantitative estimate of drug-likeness (QED) is 0.641. The number of nitrogens with zero attached hydrogens (tertiary/aromatic N) is 1. The summed E-state index contributed by atoms with van der Waals surface area (Å²) in [5.41, 5.74) is -1.21. The predicted molar refractivity (Wildman–Crippen MR) is 62.0 cm³/mol. The predicted octanol–water partition coefficient (Wildman–Crippen LogP) is -1.41. The molecule has 2 aromatic rings. The number of aromatic carboxylic acids is 2. The maximum Gasteiger partial charge on any atom is 2.00 e. The SMILES string of the molecule is O=C(O)c1ccc[nH]c1=O.O=C([O-])c1cccnc1[O-].[Ni+2]. The van der Waals surface area contributed by atoms with E-state index in [4.69, 9.17) is 5.11 Å². The molecule has 0 atom stereocenters. The Morgan fingerprint density at radius 3 is 2.19 bits per heavy atom. The summed E-state index contributed by atoms with van der Waals surface area (Å²) in [6.07, 6.45) is 2.61. The van der Waals surface area contributed by atoms with Gasteiger partial charge in [0, 0.05) is 18.0 Å². The first-order valence-electron chi connectivity index (χ1n) is 5.18. The van der Waals surface area contributed by atoms with E-state index in [1.807, 2.05) is 0 Å². The molecule has 21 heavy (non-hydrogen) atoms. The molecular weight excluding hydrogens is 327 g/mol. The minimum atomic E-state index is -1.49. The molecule has 2 N–H and O–H groups in total. The van der Waals surface area contributed by atoms with Gasteiger partial charge in [-0.25, -0.2) is 4.79 Å². The second-order valence-electron chi connectivity index (χ2n) is 3.36. The summed E-state index contributed by atoms with van der Waals surface area (Å²) in [7, 11) is 0. The van der Waals surface area contributed by atoms with Crippen LogP contribution in [0.15, 0.2) is 41.5 Å². The molecule has 0 unspecified atom stereocenters. The third-order valence-corrected chi connectivity index (χ3v) is 2.04. The van der Waals surface area contributed by atoms with Crippen molar-refractivity contribution in [2.75, 3.05) is 0 Å². The smallest absolute Gasteiger partial charge is 0.858 e. The zero-order valence-electron chi connectivity index (χ0n) is 10.2. The van der Waals surface area contributed by atoms with E-state index in [0.29, 0.717) is 0 Å². The standard InChI is InChI=1S/2C6H5NO3.Ni/c2*8-5-4(6(9)10)2-1-3-7-5;/h2*1-3H,(H,7,8)(H,9,10);/q;;+2/p-2. The average molecular weight is 335 g/mol. The zero-order valence-corrected chi connectivity index (χ0v) is 11.2. The first-order valence-corrected chi connectivity index (χ1v) is 5.18. The van der Waals surface area contributed by atoms with Crippen molar-refractivity contribution in [2.45, 2.75) is 0 Å². The van der Waals surface area contributed by atoms with E-state index in [1.165, 1.54) is 30.6 Å². The molecule has 0 aliphatic heterocycles. The molecule has 0 radical (unpaired) electrons. The molecule has 112 valence electrons. The van der Waals surface area contributed by atoms with Gasteiger partial charge in [-0.1, -0.05) is 6.07 Å². The van der Waals surface area contributed by atoms with Crippen molar-refractivity contribution in [3.63, 3.8) is 0 Å². The van der Waals surface area contributed by atoms with Gasteiger partial charge in [0.25, 0.3) is 5.56 Å². The molecule has 0 aliphatic rings. The van der Waals surface area contributed by atoms with E-state index in [0.717, 1.165) is 6.07 Å². The van der Waals surface area contributed by atoms with E-state index in [-0.39, 0.29) is 22.1 Å². The Bertz CT molecular complexity index is 685. The molecule has 0 aliphatic carbocycles. The van der Waals surface area contributed by atoms with Crippen LogP contribution in [0.25, 0.3) is 0 Å². The molecule has 0 aromatic carbocycles. The number of hydrogen-bond donors (Lipinski definition) is 2. The van der Waals surface area contributed by atoms with Crippen molar-refractivity contribution in [3.8, 4) is 5.88 Å². The van der Waals surface area contributed by atoms with Crippen LogP contribution in [0.1, 0.15) is 20.7 Å². The fourth-order valence-corrected chi connectivity index (χ4v) is 1.14. The first kappa shape index (κ1) is 18.3. The second kappa shape index (κ2) is 8.49. The molecule has 2 heterocycles. The Hall–Kier alpha value is -2.67. The van der Waals surface area contributed by atoms with Gasteiger partial charge < -0.3 is 25.1 Å². The van der Waals surface area contributed by atoms with Crippen molar-refractivity contribution in [1.29, 1.82) is 0 Å². The molecule has 8 nitrogen and oxygen atoms in total. The van der Waals surface area contributed by atoms with Crippen LogP contribution in [-0.4, -0.2) is 27.0 Å². The summed E-state index contributed by atoms with van der Waals surface area (Å²) in [5, 5.41) is 28.9. The molecule has 0 fully saturated rings. The van der Waals surface area contributed by atoms with Crippen LogP contribution in [0.4, 0.5) is 0 Å². The zero-order chi connectivity index (χ0) is 15.1. The number of H-pyrrole nitrogens is 1. The van der Waals surface area contributed by atoms with Crippen LogP contribution < -0.4 is 15.8 Å². The van der Waals surface area contributed by atoms with Crippen LogP contribution >= 0.6 is 0 Å². The Kier molecular flexibility index (Phi) is 7.42. The summed E-state index contributed by atoms with van der Waals surface area (Å²) in [6, 6.07) is 5.24. The fraction of sp³-hybridized carbons (Fsp3) is 0. The van der Waals surface area contributed by atoms with E-state index in [9.17, 15) is 24.6 Å². The number of rotatable bonds is 2. The van der Waals surface area contributed by atoms with Gasteiger partial charge in [-0.05, 0) is 24.1 Å². The number of carbonyl (C=O) groups is 2. The molecule has 2 rings (SSSR count). The van der Waals surface area contributed by atoms with Gasteiger partial charge in [0.15, 0.2) is 0 Å². The van der Waals surface area contributed by atoms with Crippen molar-refractivity contribution < 1.29 is 41.4 Å². The molecule has 0 spiro atoms. The maximum absolute atomic E-state index is 10.6. The van der Waals surface area contributed by atoms with Gasteiger partial charge in [-0.2, -0.15) is 0 Å². The minimum absolute atomic E-state index is 0. The summed E-state index contributed by atoms with van der Waals surface area (Å²) in [6.45, 7) is 0. The number of aromatic nitrogens is 2. The van der Waals surface area contributed by atoms with Crippen molar-refractivity contribution in [1.82, 2.24) is 9.97 Å². The van der Waals surface area contributed by atoms with Crippen molar-refractivity contribution >= 4 is 11.9 Å².